The lowest BCUT2D eigenvalue weighted by atomic mass is 9.82. The molecule has 0 aromatic heterocycles. The second-order valence-corrected chi connectivity index (χ2v) is 7.20. The third-order valence-electron chi connectivity index (χ3n) is 5.81. The third kappa shape index (κ3) is 3.95. The fraction of sp³-hybridized carbons (Fsp3) is 1.00. The van der Waals surface area contributed by atoms with Crippen molar-refractivity contribution in [3.63, 3.8) is 0 Å². The van der Waals surface area contributed by atoms with Crippen molar-refractivity contribution in [3.05, 3.63) is 0 Å². The van der Waals surface area contributed by atoms with Crippen molar-refractivity contribution in [1.29, 1.82) is 0 Å². The molecule has 1 atom stereocenters. The van der Waals surface area contributed by atoms with E-state index >= 15 is 0 Å². The van der Waals surface area contributed by atoms with Crippen LogP contribution in [-0.2, 0) is 0 Å². The summed E-state index contributed by atoms with van der Waals surface area (Å²) in [5, 5.41) is 3.86. The van der Waals surface area contributed by atoms with Crippen LogP contribution in [0, 0.1) is 11.8 Å². The van der Waals surface area contributed by atoms with Gasteiger partial charge in [-0.25, -0.2) is 0 Å². The topological polar surface area (TPSA) is 15.3 Å². The molecule has 1 unspecified atom stereocenters. The summed E-state index contributed by atoms with van der Waals surface area (Å²) in [6, 6.07) is 0.796. The number of nitrogens with zero attached hydrogens (tertiary/aromatic N) is 1. The highest BCUT2D eigenvalue weighted by Crippen LogP contribution is 2.30. The number of rotatable bonds is 4. The quantitative estimate of drug-likeness (QED) is 0.837. The second kappa shape index (κ2) is 7.08. The Morgan fingerprint density at radius 2 is 1.74 bits per heavy atom. The van der Waals surface area contributed by atoms with Crippen LogP contribution in [0.2, 0.25) is 0 Å². The summed E-state index contributed by atoms with van der Waals surface area (Å²) in [4.78, 5) is 2.78. The Hall–Kier alpha value is -0.0800. The van der Waals surface area contributed by atoms with Crippen molar-refractivity contribution in [3.8, 4) is 0 Å². The fourth-order valence-corrected chi connectivity index (χ4v) is 4.23. The van der Waals surface area contributed by atoms with Crippen molar-refractivity contribution in [1.82, 2.24) is 10.2 Å². The number of hydrogen-bond acceptors (Lipinski definition) is 2. The minimum Gasteiger partial charge on any atom is -0.312 e. The maximum Gasteiger partial charge on any atom is 0.0223 e. The Morgan fingerprint density at radius 3 is 2.47 bits per heavy atom. The van der Waals surface area contributed by atoms with Crippen LogP contribution in [0.4, 0.5) is 0 Å². The molecule has 0 radical (unpaired) electrons. The van der Waals surface area contributed by atoms with Crippen LogP contribution >= 0.6 is 0 Å². The molecule has 2 heteroatoms. The highest BCUT2D eigenvalue weighted by atomic mass is 15.2. The van der Waals surface area contributed by atoms with Crippen molar-refractivity contribution >= 4 is 0 Å². The first kappa shape index (κ1) is 13.9. The molecule has 3 fully saturated rings. The smallest absolute Gasteiger partial charge is 0.0223 e. The van der Waals surface area contributed by atoms with Gasteiger partial charge in [0.15, 0.2) is 0 Å². The van der Waals surface area contributed by atoms with E-state index in [1.807, 2.05) is 0 Å². The van der Waals surface area contributed by atoms with Gasteiger partial charge in [0.05, 0.1) is 0 Å². The molecule has 1 saturated heterocycles. The summed E-state index contributed by atoms with van der Waals surface area (Å²) in [5.74, 6) is 2.04. The Labute approximate surface area is 119 Å². The third-order valence-corrected chi connectivity index (χ3v) is 5.81. The first-order chi connectivity index (χ1) is 9.42. The lowest BCUT2D eigenvalue weighted by Gasteiger charge is -2.34. The molecule has 3 rings (SSSR count). The van der Waals surface area contributed by atoms with Gasteiger partial charge in [-0.05, 0) is 57.2 Å². The molecule has 0 aromatic rings. The predicted octanol–water partition coefficient (Wildman–Crippen LogP) is 3.42. The van der Waals surface area contributed by atoms with Crippen molar-refractivity contribution in [2.24, 2.45) is 11.8 Å². The van der Waals surface area contributed by atoms with Crippen LogP contribution in [0.3, 0.4) is 0 Å². The standard InChI is InChI=1S/C17H32N2/c1-2-8-16(9-3-1)17-14-19(12-5-11-18-17)13-10-15-6-4-7-15/h15-18H,1-14H2. The highest BCUT2D eigenvalue weighted by Gasteiger charge is 2.27. The first-order valence-corrected chi connectivity index (χ1v) is 8.87. The summed E-state index contributed by atoms with van der Waals surface area (Å²) >= 11 is 0. The van der Waals surface area contributed by atoms with Crippen molar-refractivity contribution in [2.75, 3.05) is 26.2 Å². The van der Waals surface area contributed by atoms with Crippen molar-refractivity contribution in [2.45, 2.75) is 70.3 Å². The molecule has 2 aliphatic carbocycles. The molecule has 2 saturated carbocycles. The molecule has 0 amide bonds. The van der Waals surface area contributed by atoms with Gasteiger partial charge < -0.3 is 10.2 Å². The molecular weight excluding hydrogens is 232 g/mol. The monoisotopic (exact) mass is 264 g/mol. The minimum absolute atomic E-state index is 0.796. The zero-order valence-electron chi connectivity index (χ0n) is 12.6. The number of hydrogen-bond donors (Lipinski definition) is 1. The van der Waals surface area contributed by atoms with Gasteiger partial charge in [0, 0.05) is 12.6 Å². The van der Waals surface area contributed by atoms with E-state index in [2.05, 4.69) is 10.2 Å². The summed E-state index contributed by atoms with van der Waals surface area (Å²) in [6.45, 7) is 5.29. The van der Waals surface area contributed by atoms with E-state index in [1.54, 1.807) is 0 Å². The Kier molecular flexibility index (Phi) is 5.17. The molecule has 1 N–H and O–H groups in total. The van der Waals surface area contributed by atoms with Gasteiger partial charge in [0.1, 0.15) is 0 Å². The Morgan fingerprint density at radius 1 is 0.895 bits per heavy atom. The van der Waals surface area contributed by atoms with E-state index in [0.717, 1.165) is 17.9 Å². The van der Waals surface area contributed by atoms with Gasteiger partial charge in [-0.1, -0.05) is 38.5 Å². The summed E-state index contributed by atoms with van der Waals surface area (Å²) in [7, 11) is 0. The van der Waals surface area contributed by atoms with Crippen LogP contribution in [0.1, 0.15) is 64.2 Å². The van der Waals surface area contributed by atoms with Crippen LogP contribution in [0.25, 0.3) is 0 Å². The van der Waals surface area contributed by atoms with E-state index in [-0.39, 0.29) is 0 Å². The molecule has 0 bridgehead atoms. The van der Waals surface area contributed by atoms with Crippen molar-refractivity contribution < 1.29 is 0 Å². The lowest BCUT2D eigenvalue weighted by Crippen LogP contribution is -2.44. The fourth-order valence-electron chi connectivity index (χ4n) is 4.23. The zero-order chi connectivity index (χ0) is 12.9. The Balaban J connectivity index is 1.46. The van der Waals surface area contributed by atoms with Gasteiger partial charge >= 0.3 is 0 Å². The van der Waals surface area contributed by atoms with Gasteiger partial charge in [-0.3, -0.25) is 0 Å². The Bertz CT molecular complexity index is 256. The van der Waals surface area contributed by atoms with Crippen LogP contribution in [-0.4, -0.2) is 37.1 Å². The first-order valence-electron chi connectivity index (χ1n) is 8.87. The summed E-state index contributed by atoms with van der Waals surface area (Å²) in [5.41, 5.74) is 0. The van der Waals surface area contributed by atoms with E-state index in [1.165, 1.54) is 90.4 Å². The van der Waals surface area contributed by atoms with E-state index in [9.17, 15) is 0 Å². The average Bonchev–Trinajstić information content (AvgIpc) is 2.64. The molecular formula is C17H32N2. The molecule has 0 spiro atoms. The maximum atomic E-state index is 3.86. The molecule has 2 nitrogen and oxygen atoms in total. The minimum atomic E-state index is 0.796. The van der Waals surface area contributed by atoms with Gasteiger partial charge in [0.2, 0.25) is 0 Å². The molecule has 1 heterocycles. The zero-order valence-corrected chi connectivity index (χ0v) is 12.6. The molecule has 3 aliphatic rings. The predicted molar refractivity (Wildman–Crippen MR) is 81.4 cm³/mol. The SMILES string of the molecule is C1CCC(C2CN(CCC3CCC3)CCCN2)CC1. The molecule has 1 aliphatic heterocycles. The van der Waals surface area contributed by atoms with Crippen LogP contribution in [0.5, 0.6) is 0 Å². The largest absolute Gasteiger partial charge is 0.312 e. The number of nitrogens with one attached hydrogen (secondary N) is 1. The molecule has 0 aromatic carbocycles. The maximum absolute atomic E-state index is 3.86. The summed E-state index contributed by atoms with van der Waals surface area (Å²) in [6.07, 6.45) is 14.7. The molecule has 110 valence electrons. The van der Waals surface area contributed by atoms with Crippen LogP contribution < -0.4 is 5.32 Å². The van der Waals surface area contributed by atoms with Gasteiger partial charge in [-0.15, -0.1) is 0 Å². The summed E-state index contributed by atoms with van der Waals surface area (Å²) < 4.78 is 0. The average molecular weight is 264 g/mol. The van der Waals surface area contributed by atoms with E-state index in [0.29, 0.717) is 0 Å². The van der Waals surface area contributed by atoms with Gasteiger partial charge in [0.25, 0.3) is 0 Å². The normalized spacial score (nSPS) is 31.9. The van der Waals surface area contributed by atoms with E-state index in [4.69, 9.17) is 0 Å². The second-order valence-electron chi connectivity index (χ2n) is 7.20. The van der Waals surface area contributed by atoms with Crippen LogP contribution in [0.15, 0.2) is 0 Å². The van der Waals surface area contributed by atoms with Gasteiger partial charge in [-0.2, -0.15) is 0 Å². The highest BCUT2D eigenvalue weighted by molar-refractivity contribution is 4.85. The van der Waals surface area contributed by atoms with E-state index < -0.39 is 0 Å². The molecule has 19 heavy (non-hydrogen) atoms. The lowest BCUT2D eigenvalue weighted by molar-refractivity contribution is 0.182.